The molecule has 1 N–H and O–H groups in total. The molecule has 0 fully saturated rings. The van der Waals surface area contributed by atoms with Gasteiger partial charge in [0.25, 0.3) is 0 Å². The van der Waals surface area contributed by atoms with Gasteiger partial charge in [0.15, 0.2) is 0 Å². The van der Waals surface area contributed by atoms with Crippen LogP contribution in [0.3, 0.4) is 0 Å². The van der Waals surface area contributed by atoms with Crippen LogP contribution in [0, 0.1) is 12.3 Å². The lowest BCUT2D eigenvalue weighted by atomic mass is 9.88. The van der Waals surface area contributed by atoms with Crippen molar-refractivity contribution in [3.8, 4) is 18.1 Å². The predicted octanol–water partition coefficient (Wildman–Crippen LogP) is 2.16. The van der Waals surface area contributed by atoms with Crippen LogP contribution in [0.4, 0.5) is 0 Å². The standard InChI is InChI=1S/C15H19NO/c1-4-11(2)16-14-7-5-12-6-8-15(17-3)10-13(12)9-14/h1,6,8,10-11,14,16H,5,7,9H2,2-3H3. The van der Waals surface area contributed by atoms with Gasteiger partial charge < -0.3 is 10.1 Å². The number of methoxy groups -OCH3 is 1. The highest BCUT2D eigenvalue weighted by atomic mass is 16.5. The Kier molecular flexibility index (Phi) is 3.71. The number of aryl methyl sites for hydroxylation is 1. The Labute approximate surface area is 103 Å². The molecule has 2 unspecified atom stereocenters. The minimum absolute atomic E-state index is 0.146. The van der Waals surface area contributed by atoms with Crippen molar-refractivity contribution < 1.29 is 4.74 Å². The average Bonchev–Trinajstić information content (AvgIpc) is 2.37. The summed E-state index contributed by atoms with van der Waals surface area (Å²) in [7, 11) is 1.71. The Hall–Kier alpha value is -1.46. The van der Waals surface area contributed by atoms with Gasteiger partial charge in [-0.15, -0.1) is 6.42 Å². The molecule has 0 saturated heterocycles. The second-order valence-electron chi connectivity index (χ2n) is 4.63. The largest absolute Gasteiger partial charge is 0.497 e. The molecule has 1 aliphatic carbocycles. The maximum atomic E-state index is 5.40. The SMILES string of the molecule is C#CC(C)NC1CCc2ccc(OC)cc2C1. The Morgan fingerprint density at radius 2 is 2.29 bits per heavy atom. The van der Waals surface area contributed by atoms with Crippen molar-refractivity contribution in [2.24, 2.45) is 0 Å². The second-order valence-corrected chi connectivity index (χ2v) is 4.63. The van der Waals surface area contributed by atoms with Crippen molar-refractivity contribution in [1.82, 2.24) is 5.32 Å². The van der Waals surface area contributed by atoms with Crippen LogP contribution >= 0.6 is 0 Å². The Morgan fingerprint density at radius 3 is 3.00 bits per heavy atom. The lowest BCUT2D eigenvalue weighted by Gasteiger charge is -2.27. The fraction of sp³-hybridized carbons (Fsp3) is 0.467. The summed E-state index contributed by atoms with van der Waals surface area (Å²) in [6.45, 7) is 2.03. The highest BCUT2D eigenvalue weighted by Gasteiger charge is 2.19. The van der Waals surface area contributed by atoms with E-state index in [1.807, 2.05) is 13.0 Å². The Balaban J connectivity index is 2.09. The van der Waals surface area contributed by atoms with Crippen LogP contribution in [0.5, 0.6) is 5.75 Å². The molecule has 2 heteroatoms. The zero-order valence-electron chi connectivity index (χ0n) is 10.5. The van der Waals surface area contributed by atoms with E-state index in [1.165, 1.54) is 11.1 Å². The smallest absolute Gasteiger partial charge is 0.119 e. The van der Waals surface area contributed by atoms with Crippen LogP contribution in [0.15, 0.2) is 18.2 Å². The highest BCUT2D eigenvalue weighted by molar-refractivity contribution is 5.38. The Bertz CT molecular complexity index is 433. The molecule has 0 radical (unpaired) electrons. The lowest BCUT2D eigenvalue weighted by molar-refractivity contribution is 0.410. The summed E-state index contributed by atoms with van der Waals surface area (Å²) in [5.41, 5.74) is 2.83. The van der Waals surface area contributed by atoms with Gasteiger partial charge in [0.05, 0.1) is 13.2 Å². The van der Waals surface area contributed by atoms with Crippen molar-refractivity contribution in [3.63, 3.8) is 0 Å². The first-order valence-corrected chi connectivity index (χ1v) is 6.11. The predicted molar refractivity (Wildman–Crippen MR) is 70.2 cm³/mol. The molecule has 0 bridgehead atoms. The summed E-state index contributed by atoms with van der Waals surface area (Å²) in [5.74, 6) is 3.66. The molecule has 1 aliphatic rings. The summed E-state index contributed by atoms with van der Waals surface area (Å²) in [4.78, 5) is 0. The zero-order chi connectivity index (χ0) is 12.3. The van der Waals surface area contributed by atoms with Crippen LogP contribution in [-0.4, -0.2) is 19.2 Å². The molecule has 0 heterocycles. The maximum Gasteiger partial charge on any atom is 0.119 e. The van der Waals surface area contributed by atoms with Gasteiger partial charge in [0.1, 0.15) is 5.75 Å². The lowest BCUT2D eigenvalue weighted by Crippen LogP contribution is -2.39. The summed E-state index contributed by atoms with van der Waals surface area (Å²) in [5, 5.41) is 3.47. The van der Waals surface area contributed by atoms with Gasteiger partial charge in [-0.3, -0.25) is 0 Å². The van der Waals surface area contributed by atoms with E-state index >= 15 is 0 Å². The minimum Gasteiger partial charge on any atom is -0.497 e. The van der Waals surface area contributed by atoms with Gasteiger partial charge in [0.2, 0.25) is 0 Å². The fourth-order valence-corrected chi connectivity index (χ4v) is 2.40. The summed E-state index contributed by atoms with van der Waals surface area (Å²) >= 11 is 0. The van der Waals surface area contributed by atoms with Gasteiger partial charge in [-0.25, -0.2) is 0 Å². The number of benzene rings is 1. The third-order valence-electron chi connectivity index (χ3n) is 3.38. The normalized spacial score (nSPS) is 20.2. The van der Waals surface area contributed by atoms with Gasteiger partial charge in [-0.2, -0.15) is 0 Å². The van der Waals surface area contributed by atoms with Crippen molar-refractivity contribution in [2.75, 3.05) is 7.11 Å². The van der Waals surface area contributed by atoms with E-state index in [-0.39, 0.29) is 6.04 Å². The molecule has 90 valence electrons. The zero-order valence-corrected chi connectivity index (χ0v) is 10.5. The van der Waals surface area contributed by atoms with E-state index < -0.39 is 0 Å². The fourth-order valence-electron chi connectivity index (χ4n) is 2.40. The van der Waals surface area contributed by atoms with Crippen LogP contribution in [0.25, 0.3) is 0 Å². The van der Waals surface area contributed by atoms with Crippen molar-refractivity contribution in [1.29, 1.82) is 0 Å². The van der Waals surface area contributed by atoms with Crippen LogP contribution in [0.1, 0.15) is 24.5 Å². The summed E-state index contributed by atoms with van der Waals surface area (Å²) in [6, 6.07) is 6.99. The first-order chi connectivity index (χ1) is 8.22. The number of ether oxygens (including phenoxy) is 1. The minimum atomic E-state index is 0.146. The van der Waals surface area contributed by atoms with E-state index in [1.54, 1.807) is 7.11 Å². The van der Waals surface area contributed by atoms with Gasteiger partial charge in [-0.05, 0) is 49.4 Å². The van der Waals surface area contributed by atoms with Gasteiger partial charge >= 0.3 is 0 Å². The summed E-state index contributed by atoms with van der Waals surface area (Å²) < 4.78 is 5.27. The first-order valence-electron chi connectivity index (χ1n) is 6.11. The van der Waals surface area contributed by atoms with Crippen LogP contribution in [0.2, 0.25) is 0 Å². The maximum absolute atomic E-state index is 5.40. The van der Waals surface area contributed by atoms with E-state index in [2.05, 4.69) is 23.4 Å². The monoisotopic (exact) mass is 229 g/mol. The van der Waals surface area contributed by atoms with E-state index in [0.717, 1.165) is 25.0 Å². The molecule has 0 spiro atoms. The van der Waals surface area contributed by atoms with Gasteiger partial charge in [0, 0.05) is 6.04 Å². The van der Waals surface area contributed by atoms with E-state index in [9.17, 15) is 0 Å². The molecule has 17 heavy (non-hydrogen) atoms. The molecular weight excluding hydrogens is 210 g/mol. The number of hydrogen-bond acceptors (Lipinski definition) is 2. The molecule has 0 aromatic heterocycles. The highest BCUT2D eigenvalue weighted by Crippen LogP contribution is 2.25. The second kappa shape index (κ2) is 5.25. The third-order valence-corrected chi connectivity index (χ3v) is 3.38. The van der Waals surface area contributed by atoms with Crippen LogP contribution in [-0.2, 0) is 12.8 Å². The number of fused-ring (bicyclic) bond motifs is 1. The van der Waals surface area contributed by atoms with Crippen molar-refractivity contribution >= 4 is 0 Å². The van der Waals surface area contributed by atoms with E-state index in [0.29, 0.717) is 6.04 Å². The van der Waals surface area contributed by atoms with Crippen molar-refractivity contribution in [3.05, 3.63) is 29.3 Å². The molecule has 0 saturated carbocycles. The molecule has 0 aliphatic heterocycles. The number of rotatable bonds is 3. The molecule has 2 rings (SSSR count). The van der Waals surface area contributed by atoms with Crippen LogP contribution < -0.4 is 10.1 Å². The molecule has 2 atom stereocenters. The molecular formula is C15H19NO. The third kappa shape index (κ3) is 2.81. The van der Waals surface area contributed by atoms with E-state index in [4.69, 9.17) is 11.2 Å². The quantitative estimate of drug-likeness (QED) is 0.802. The van der Waals surface area contributed by atoms with Crippen molar-refractivity contribution in [2.45, 2.75) is 38.3 Å². The number of terminal acetylenes is 1. The number of nitrogens with one attached hydrogen (secondary N) is 1. The Morgan fingerprint density at radius 1 is 1.47 bits per heavy atom. The van der Waals surface area contributed by atoms with Gasteiger partial charge in [-0.1, -0.05) is 12.0 Å². The average molecular weight is 229 g/mol. The molecule has 0 amide bonds. The topological polar surface area (TPSA) is 21.3 Å². The molecule has 1 aromatic rings. The molecule has 2 nitrogen and oxygen atoms in total. The summed E-state index contributed by atoms with van der Waals surface area (Å²) in [6.07, 6.45) is 8.71. The number of hydrogen-bond donors (Lipinski definition) is 1. The molecule has 1 aromatic carbocycles. The first kappa shape index (κ1) is 12.0.